The van der Waals surface area contributed by atoms with Crippen LogP contribution >= 0.6 is 0 Å². The lowest BCUT2D eigenvalue weighted by Gasteiger charge is -2.30. The van der Waals surface area contributed by atoms with Gasteiger partial charge in [0.05, 0.1) is 10.6 Å². The van der Waals surface area contributed by atoms with Crippen molar-refractivity contribution < 1.29 is 22.7 Å². The van der Waals surface area contributed by atoms with E-state index < -0.39 is 15.9 Å². The maximum atomic E-state index is 12.9. The van der Waals surface area contributed by atoms with Crippen molar-refractivity contribution in [3.63, 3.8) is 0 Å². The molecule has 1 atom stereocenters. The molecule has 0 unspecified atom stereocenters. The van der Waals surface area contributed by atoms with E-state index in [1.807, 2.05) is 37.3 Å². The molecule has 1 aliphatic rings. The van der Waals surface area contributed by atoms with Gasteiger partial charge < -0.3 is 10.1 Å². The fourth-order valence-electron chi connectivity index (χ4n) is 3.59. The van der Waals surface area contributed by atoms with Gasteiger partial charge >= 0.3 is 0 Å². The number of carbonyl (C=O) groups excluding carboxylic acids is 2. The summed E-state index contributed by atoms with van der Waals surface area (Å²) in [6, 6.07) is 14.2. The highest BCUT2D eigenvalue weighted by atomic mass is 32.2. The van der Waals surface area contributed by atoms with E-state index in [1.165, 1.54) is 27.4 Å². The van der Waals surface area contributed by atoms with Crippen molar-refractivity contribution in [2.24, 2.45) is 0 Å². The van der Waals surface area contributed by atoms with Crippen LogP contribution < -0.4 is 15.0 Å². The van der Waals surface area contributed by atoms with Gasteiger partial charge in [-0.3, -0.25) is 14.5 Å². The molecule has 0 aromatic heterocycles. The summed E-state index contributed by atoms with van der Waals surface area (Å²) < 4.78 is 32.6. The lowest BCUT2D eigenvalue weighted by atomic mass is 10.0. The molecule has 2 aromatic carbocycles. The second-order valence-corrected chi connectivity index (χ2v) is 9.54. The van der Waals surface area contributed by atoms with Crippen molar-refractivity contribution in [2.45, 2.75) is 31.6 Å². The summed E-state index contributed by atoms with van der Waals surface area (Å²) in [7, 11) is -3.72. The van der Waals surface area contributed by atoms with Crippen LogP contribution in [0, 0.1) is 0 Å². The minimum Gasteiger partial charge on any atom is -0.482 e. The Labute approximate surface area is 189 Å². The SMILES string of the molecule is CCN(CC)S(=O)(=O)c1ccc2c(c1)N(CC(=O)NC[C@@H](C)c1ccccc1)C(=O)CO2. The predicted molar refractivity (Wildman–Crippen MR) is 122 cm³/mol. The number of hydrogen-bond donors (Lipinski definition) is 1. The zero-order valence-corrected chi connectivity index (χ0v) is 19.4. The highest BCUT2D eigenvalue weighted by Crippen LogP contribution is 2.34. The van der Waals surface area contributed by atoms with Crippen molar-refractivity contribution in [3.8, 4) is 5.75 Å². The van der Waals surface area contributed by atoms with Crippen LogP contribution in [0.5, 0.6) is 5.75 Å². The molecular formula is C23H29N3O5S. The molecule has 1 aliphatic heterocycles. The van der Waals surface area contributed by atoms with Crippen molar-refractivity contribution in [1.82, 2.24) is 9.62 Å². The lowest BCUT2D eigenvalue weighted by Crippen LogP contribution is -2.45. The van der Waals surface area contributed by atoms with Crippen LogP contribution in [-0.2, 0) is 19.6 Å². The molecule has 0 aliphatic carbocycles. The topological polar surface area (TPSA) is 96.0 Å². The Morgan fingerprint density at radius 2 is 1.84 bits per heavy atom. The van der Waals surface area contributed by atoms with E-state index in [2.05, 4.69) is 5.32 Å². The highest BCUT2D eigenvalue weighted by molar-refractivity contribution is 7.89. The van der Waals surface area contributed by atoms with Crippen molar-refractivity contribution in [1.29, 1.82) is 0 Å². The first-order valence-corrected chi connectivity index (χ1v) is 12.1. The van der Waals surface area contributed by atoms with Crippen LogP contribution in [0.25, 0.3) is 0 Å². The standard InChI is InChI=1S/C23H29N3O5S/c1-4-25(5-2)32(29,30)19-11-12-21-20(13-19)26(23(28)16-31-21)15-22(27)24-14-17(3)18-9-7-6-8-10-18/h6-13,17H,4-5,14-16H2,1-3H3,(H,24,27)/t17-/m1/s1. The van der Waals surface area contributed by atoms with E-state index in [0.717, 1.165) is 5.56 Å². The van der Waals surface area contributed by atoms with E-state index in [1.54, 1.807) is 13.8 Å². The van der Waals surface area contributed by atoms with Gasteiger partial charge in [0.25, 0.3) is 5.91 Å². The van der Waals surface area contributed by atoms with E-state index in [0.29, 0.717) is 25.4 Å². The molecular weight excluding hydrogens is 430 g/mol. The van der Waals surface area contributed by atoms with E-state index in [4.69, 9.17) is 4.74 Å². The van der Waals surface area contributed by atoms with Crippen LogP contribution in [0.15, 0.2) is 53.4 Å². The first-order valence-electron chi connectivity index (χ1n) is 10.7. The number of rotatable bonds is 9. The van der Waals surface area contributed by atoms with Crippen LogP contribution in [-0.4, -0.2) is 57.3 Å². The summed E-state index contributed by atoms with van der Waals surface area (Å²) in [5, 5.41) is 2.86. The zero-order valence-electron chi connectivity index (χ0n) is 18.6. The third kappa shape index (κ3) is 5.11. The van der Waals surface area contributed by atoms with Gasteiger partial charge in [0, 0.05) is 19.6 Å². The molecule has 1 N–H and O–H groups in total. The fraction of sp³-hybridized carbons (Fsp3) is 0.391. The lowest BCUT2D eigenvalue weighted by molar-refractivity contribution is -0.125. The first-order chi connectivity index (χ1) is 15.3. The molecule has 32 heavy (non-hydrogen) atoms. The van der Waals surface area contributed by atoms with Gasteiger partial charge in [-0.05, 0) is 29.7 Å². The third-order valence-electron chi connectivity index (χ3n) is 5.49. The number of sulfonamides is 1. The van der Waals surface area contributed by atoms with Gasteiger partial charge in [0.15, 0.2) is 6.61 Å². The smallest absolute Gasteiger partial charge is 0.265 e. The number of amides is 2. The molecule has 0 fully saturated rings. The van der Waals surface area contributed by atoms with Crippen LogP contribution in [0.1, 0.15) is 32.3 Å². The number of anilines is 1. The molecule has 0 saturated carbocycles. The van der Waals surface area contributed by atoms with Gasteiger partial charge in [-0.15, -0.1) is 0 Å². The second kappa shape index (κ2) is 10.1. The molecule has 2 amide bonds. The summed E-state index contributed by atoms with van der Waals surface area (Å²) in [5.41, 5.74) is 1.38. The molecule has 2 aromatic rings. The number of nitrogens with one attached hydrogen (secondary N) is 1. The number of ether oxygens (including phenoxy) is 1. The third-order valence-corrected chi connectivity index (χ3v) is 7.54. The molecule has 172 valence electrons. The van der Waals surface area contributed by atoms with Gasteiger partial charge in [0.2, 0.25) is 15.9 Å². The Morgan fingerprint density at radius 1 is 1.16 bits per heavy atom. The van der Waals surface area contributed by atoms with Gasteiger partial charge in [0.1, 0.15) is 12.3 Å². The molecule has 3 rings (SSSR count). The monoisotopic (exact) mass is 459 g/mol. The zero-order chi connectivity index (χ0) is 23.3. The number of carbonyl (C=O) groups is 2. The molecule has 0 radical (unpaired) electrons. The number of hydrogen-bond acceptors (Lipinski definition) is 5. The fourth-order valence-corrected chi connectivity index (χ4v) is 5.07. The van der Waals surface area contributed by atoms with E-state index in [9.17, 15) is 18.0 Å². The molecule has 0 bridgehead atoms. The van der Waals surface area contributed by atoms with Crippen LogP contribution in [0.3, 0.4) is 0 Å². The number of nitrogens with zero attached hydrogens (tertiary/aromatic N) is 2. The van der Waals surface area contributed by atoms with Crippen LogP contribution in [0.4, 0.5) is 5.69 Å². The van der Waals surface area contributed by atoms with Crippen LogP contribution in [0.2, 0.25) is 0 Å². The average Bonchev–Trinajstić information content (AvgIpc) is 2.80. The normalized spacial score (nSPS) is 14.6. The molecule has 0 saturated heterocycles. The van der Waals surface area contributed by atoms with Crippen molar-refractivity contribution in [2.75, 3.05) is 37.7 Å². The Kier molecular flexibility index (Phi) is 7.52. The summed E-state index contributed by atoms with van der Waals surface area (Å²) in [4.78, 5) is 26.5. The largest absolute Gasteiger partial charge is 0.482 e. The van der Waals surface area contributed by atoms with E-state index in [-0.39, 0.29) is 35.6 Å². The molecule has 8 nitrogen and oxygen atoms in total. The Bertz CT molecular complexity index is 1070. The summed E-state index contributed by atoms with van der Waals surface area (Å²) in [5.74, 6) is -0.251. The minimum absolute atomic E-state index is 0.0568. The Hall–Kier alpha value is -2.91. The van der Waals surface area contributed by atoms with Crippen molar-refractivity contribution >= 4 is 27.5 Å². The molecule has 1 heterocycles. The van der Waals surface area contributed by atoms with Gasteiger partial charge in [-0.25, -0.2) is 8.42 Å². The molecule has 0 spiro atoms. The number of benzene rings is 2. The first kappa shape index (κ1) is 23.7. The Morgan fingerprint density at radius 3 is 2.50 bits per heavy atom. The summed E-state index contributed by atoms with van der Waals surface area (Å²) in [6.07, 6.45) is 0. The summed E-state index contributed by atoms with van der Waals surface area (Å²) in [6.45, 7) is 6.19. The van der Waals surface area contributed by atoms with E-state index >= 15 is 0 Å². The van der Waals surface area contributed by atoms with Crippen molar-refractivity contribution in [3.05, 3.63) is 54.1 Å². The quantitative estimate of drug-likeness (QED) is 0.621. The molecule has 9 heteroatoms. The predicted octanol–water partition coefficient (Wildman–Crippen LogP) is 2.36. The maximum Gasteiger partial charge on any atom is 0.265 e. The Balaban J connectivity index is 1.77. The average molecular weight is 460 g/mol. The van der Waals surface area contributed by atoms with Gasteiger partial charge in [-0.2, -0.15) is 4.31 Å². The maximum absolute atomic E-state index is 12.9. The van der Waals surface area contributed by atoms with Gasteiger partial charge in [-0.1, -0.05) is 51.1 Å². The second-order valence-electron chi connectivity index (χ2n) is 7.60. The minimum atomic E-state index is -3.72. The highest BCUT2D eigenvalue weighted by Gasteiger charge is 2.30. The summed E-state index contributed by atoms with van der Waals surface area (Å²) >= 11 is 0. The number of fused-ring (bicyclic) bond motifs is 1.